The summed E-state index contributed by atoms with van der Waals surface area (Å²) in [5, 5.41) is 3.52. The Labute approximate surface area is 192 Å². The van der Waals surface area contributed by atoms with Crippen LogP contribution in [0.5, 0.6) is 0 Å². The van der Waals surface area contributed by atoms with Crippen molar-refractivity contribution in [3.63, 3.8) is 0 Å². The quantitative estimate of drug-likeness (QED) is 0.519. The van der Waals surface area contributed by atoms with E-state index >= 15 is 0 Å². The summed E-state index contributed by atoms with van der Waals surface area (Å²) in [6, 6.07) is 9.39. The minimum atomic E-state index is -3.87. The first-order chi connectivity index (χ1) is 14.8. The van der Waals surface area contributed by atoms with Crippen LogP contribution in [-0.2, 0) is 19.6 Å². The number of carbonyl (C=O) groups is 2. The molecule has 0 aliphatic carbocycles. The average molecular weight is 499 g/mol. The number of fused-ring (bicyclic) bond motifs is 1. The monoisotopic (exact) mass is 498 g/mol. The number of anilines is 1. The molecule has 1 aliphatic heterocycles. The van der Waals surface area contributed by atoms with E-state index in [1.54, 1.807) is 6.07 Å². The molecule has 1 saturated heterocycles. The number of sulfonamides is 1. The highest BCUT2D eigenvalue weighted by Crippen LogP contribution is 2.37. The van der Waals surface area contributed by atoms with Gasteiger partial charge in [0, 0.05) is 16.6 Å². The molecule has 0 radical (unpaired) electrons. The average Bonchev–Trinajstić information content (AvgIpc) is 3.37. The molecule has 11 heteroatoms. The molecule has 31 heavy (non-hydrogen) atoms. The van der Waals surface area contributed by atoms with Crippen LogP contribution in [0.3, 0.4) is 0 Å². The molecule has 2 aromatic heterocycles. The maximum atomic E-state index is 13.3. The van der Waals surface area contributed by atoms with Crippen LogP contribution in [0.2, 0.25) is 4.34 Å². The maximum absolute atomic E-state index is 13.3. The molecule has 1 aromatic carbocycles. The van der Waals surface area contributed by atoms with Crippen LogP contribution in [-0.4, -0.2) is 44.3 Å². The Bertz CT molecular complexity index is 1250. The number of nitrogens with zero attached hydrogens (tertiary/aromatic N) is 1. The number of methoxy groups -OCH3 is 1. The molecule has 164 valence electrons. The molecule has 0 bridgehead atoms. The summed E-state index contributed by atoms with van der Waals surface area (Å²) >= 11 is 8.11. The van der Waals surface area contributed by atoms with Crippen LogP contribution >= 0.6 is 34.3 Å². The van der Waals surface area contributed by atoms with Crippen molar-refractivity contribution in [3.8, 4) is 0 Å². The third-order valence-electron chi connectivity index (χ3n) is 5.08. The molecular formula is C20H19ClN2O5S3. The van der Waals surface area contributed by atoms with Crippen LogP contribution in [0.1, 0.15) is 28.9 Å². The van der Waals surface area contributed by atoms with E-state index in [0.29, 0.717) is 28.3 Å². The van der Waals surface area contributed by atoms with Gasteiger partial charge in [-0.3, -0.25) is 4.79 Å². The van der Waals surface area contributed by atoms with E-state index in [-0.39, 0.29) is 15.6 Å². The first kappa shape index (κ1) is 22.2. The Morgan fingerprint density at radius 1 is 1.16 bits per heavy atom. The van der Waals surface area contributed by atoms with Crippen LogP contribution < -0.4 is 5.32 Å². The van der Waals surface area contributed by atoms with Crippen molar-refractivity contribution in [1.29, 1.82) is 0 Å². The SMILES string of the molecule is COC(=O)c1sc2ccccc2c1NC(=O)C1CCCCN1S(=O)(=O)c1ccc(Cl)s1. The number of carbonyl (C=O) groups excluding carboxylic acids is 2. The smallest absolute Gasteiger partial charge is 0.350 e. The fraction of sp³-hybridized carbons (Fsp3) is 0.300. The van der Waals surface area contributed by atoms with Crippen LogP contribution in [0.4, 0.5) is 5.69 Å². The molecule has 1 N–H and O–H groups in total. The number of thiophene rings is 2. The Kier molecular flexibility index (Phi) is 6.36. The molecule has 0 saturated carbocycles. The fourth-order valence-corrected chi connectivity index (χ4v) is 7.96. The van der Waals surface area contributed by atoms with E-state index in [1.807, 2.05) is 18.2 Å². The maximum Gasteiger partial charge on any atom is 0.350 e. The van der Waals surface area contributed by atoms with E-state index in [4.69, 9.17) is 16.3 Å². The zero-order chi connectivity index (χ0) is 22.2. The minimum Gasteiger partial charge on any atom is -0.465 e. The Morgan fingerprint density at radius 2 is 1.94 bits per heavy atom. The van der Waals surface area contributed by atoms with Gasteiger partial charge >= 0.3 is 5.97 Å². The summed E-state index contributed by atoms with van der Waals surface area (Å²) in [6.07, 6.45) is 1.78. The third kappa shape index (κ3) is 4.22. The second-order valence-electron chi connectivity index (χ2n) is 6.97. The first-order valence-electron chi connectivity index (χ1n) is 9.51. The van der Waals surface area contributed by atoms with Gasteiger partial charge in [-0.2, -0.15) is 4.31 Å². The number of esters is 1. The van der Waals surface area contributed by atoms with Gasteiger partial charge in [0.2, 0.25) is 5.91 Å². The number of benzene rings is 1. The molecule has 0 spiro atoms. The van der Waals surface area contributed by atoms with Gasteiger partial charge in [0.15, 0.2) is 0 Å². The number of halogens is 1. The number of hydrogen-bond donors (Lipinski definition) is 1. The Balaban J connectivity index is 1.68. The van der Waals surface area contributed by atoms with Crippen molar-refractivity contribution >= 4 is 71.9 Å². The lowest BCUT2D eigenvalue weighted by atomic mass is 10.0. The molecule has 3 heterocycles. The second-order valence-corrected chi connectivity index (χ2v) is 11.9. The van der Waals surface area contributed by atoms with E-state index in [2.05, 4.69) is 5.32 Å². The van der Waals surface area contributed by atoms with Crippen molar-refractivity contribution in [3.05, 3.63) is 45.6 Å². The molecule has 1 atom stereocenters. The lowest BCUT2D eigenvalue weighted by molar-refractivity contribution is -0.120. The number of rotatable bonds is 5. The number of hydrogen-bond acceptors (Lipinski definition) is 7. The predicted molar refractivity (Wildman–Crippen MR) is 123 cm³/mol. The summed E-state index contributed by atoms with van der Waals surface area (Å²) in [6.45, 7) is 0.240. The molecule has 1 fully saturated rings. The number of nitrogens with one attached hydrogen (secondary N) is 1. The molecule has 1 unspecified atom stereocenters. The van der Waals surface area contributed by atoms with E-state index < -0.39 is 27.9 Å². The Hall–Kier alpha value is -1.98. The topological polar surface area (TPSA) is 92.8 Å². The van der Waals surface area contributed by atoms with Gasteiger partial charge in [-0.15, -0.1) is 22.7 Å². The highest BCUT2D eigenvalue weighted by Gasteiger charge is 2.39. The van der Waals surface area contributed by atoms with Gasteiger partial charge in [0.05, 0.1) is 17.1 Å². The van der Waals surface area contributed by atoms with Crippen LogP contribution in [0, 0.1) is 0 Å². The standard InChI is InChI=1S/C20H19ClN2O5S3/c1-28-20(25)18-17(12-6-2-3-8-14(12)29-18)22-19(24)13-7-4-5-11-23(13)31(26,27)16-10-9-15(21)30-16/h2-3,6,8-10,13H,4-5,7,11H2,1H3,(H,22,24). The fourth-order valence-electron chi connectivity index (χ4n) is 3.62. The summed E-state index contributed by atoms with van der Waals surface area (Å²) in [4.78, 5) is 25.8. The predicted octanol–water partition coefficient (Wildman–Crippen LogP) is 4.58. The van der Waals surface area contributed by atoms with Gasteiger partial charge < -0.3 is 10.1 Å². The number of piperidine rings is 1. The highest BCUT2D eigenvalue weighted by atomic mass is 35.5. The lowest BCUT2D eigenvalue weighted by Crippen LogP contribution is -2.49. The van der Waals surface area contributed by atoms with Crippen molar-refractivity contribution in [1.82, 2.24) is 4.31 Å². The molecule has 1 amide bonds. The first-order valence-corrected chi connectivity index (χ1v) is 13.0. The normalized spacial score (nSPS) is 17.5. The van der Waals surface area contributed by atoms with Gasteiger partial charge in [-0.25, -0.2) is 13.2 Å². The van der Waals surface area contributed by atoms with E-state index in [1.165, 1.54) is 34.9 Å². The molecule has 4 rings (SSSR count). The van der Waals surface area contributed by atoms with Crippen molar-refractivity contribution in [2.75, 3.05) is 19.0 Å². The summed E-state index contributed by atoms with van der Waals surface area (Å²) < 4.78 is 33.8. The van der Waals surface area contributed by atoms with Gasteiger partial charge in [0.1, 0.15) is 15.1 Å². The highest BCUT2D eigenvalue weighted by molar-refractivity contribution is 7.91. The molecular weight excluding hydrogens is 480 g/mol. The molecule has 3 aromatic rings. The summed E-state index contributed by atoms with van der Waals surface area (Å²) in [5.41, 5.74) is 0.347. The summed E-state index contributed by atoms with van der Waals surface area (Å²) in [5.74, 6) is -1.03. The van der Waals surface area contributed by atoms with Crippen LogP contribution in [0.25, 0.3) is 10.1 Å². The number of ether oxygens (including phenoxy) is 1. The zero-order valence-corrected chi connectivity index (χ0v) is 19.7. The number of amides is 1. The van der Waals surface area contributed by atoms with Crippen molar-refractivity contribution < 1.29 is 22.7 Å². The minimum absolute atomic E-state index is 0.105. The zero-order valence-electron chi connectivity index (χ0n) is 16.5. The molecule has 7 nitrogen and oxygen atoms in total. The van der Waals surface area contributed by atoms with Gasteiger partial charge in [-0.05, 0) is 31.0 Å². The van der Waals surface area contributed by atoms with Crippen LogP contribution in [0.15, 0.2) is 40.6 Å². The Morgan fingerprint density at radius 3 is 2.65 bits per heavy atom. The summed E-state index contributed by atoms with van der Waals surface area (Å²) in [7, 11) is -2.59. The third-order valence-corrected chi connectivity index (χ3v) is 9.84. The van der Waals surface area contributed by atoms with Crippen molar-refractivity contribution in [2.45, 2.75) is 29.5 Å². The van der Waals surface area contributed by atoms with Crippen molar-refractivity contribution in [2.24, 2.45) is 0 Å². The van der Waals surface area contributed by atoms with E-state index in [0.717, 1.165) is 22.5 Å². The largest absolute Gasteiger partial charge is 0.465 e. The van der Waals surface area contributed by atoms with E-state index in [9.17, 15) is 18.0 Å². The lowest BCUT2D eigenvalue weighted by Gasteiger charge is -2.33. The van der Waals surface area contributed by atoms with Gasteiger partial charge in [-0.1, -0.05) is 36.2 Å². The molecule has 1 aliphatic rings. The second kappa shape index (κ2) is 8.87. The van der Waals surface area contributed by atoms with Gasteiger partial charge in [0.25, 0.3) is 10.0 Å².